The molecule has 14 heavy (non-hydrogen) atoms. The first kappa shape index (κ1) is 11.8. The number of carbonyl (C=O) groups is 1. The van der Waals surface area contributed by atoms with Crippen LogP contribution < -0.4 is 5.73 Å². The zero-order chi connectivity index (χ0) is 10.6. The molecule has 3 nitrogen and oxygen atoms in total. The lowest BCUT2D eigenvalue weighted by Gasteiger charge is -2.04. The molecule has 1 rings (SSSR count). The highest BCUT2D eigenvalue weighted by Crippen LogP contribution is 2.25. The van der Waals surface area contributed by atoms with Crippen LogP contribution in [0.4, 0.5) is 0 Å². The third-order valence-corrected chi connectivity index (χ3v) is 4.01. The normalized spacial score (nSPS) is 12.7. The first-order valence-corrected chi connectivity index (χ1v) is 6.25. The predicted molar refractivity (Wildman–Crippen MR) is 61.1 cm³/mol. The van der Waals surface area contributed by atoms with Crippen LogP contribution >= 0.6 is 34.7 Å². The van der Waals surface area contributed by atoms with E-state index in [2.05, 4.69) is 0 Å². The smallest absolute Gasteiger partial charge is 0.321 e. The molecule has 0 aliphatic heterocycles. The average molecular weight is 252 g/mol. The Balaban J connectivity index is 2.25. The molecule has 1 aromatic heterocycles. The van der Waals surface area contributed by atoms with Crippen molar-refractivity contribution in [1.29, 1.82) is 0 Å². The minimum atomic E-state index is -0.957. The maximum atomic E-state index is 10.4. The molecule has 1 heterocycles. The highest BCUT2D eigenvalue weighted by Gasteiger charge is 2.10. The Morgan fingerprint density at radius 1 is 1.71 bits per heavy atom. The second-order valence-electron chi connectivity index (χ2n) is 2.67. The first-order valence-electron chi connectivity index (χ1n) is 3.90. The number of thioether (sulfide) groups is 1. The molecule has 1 atom stereocenters. The number of halogens is 1. The summed E-state index contributed by atoms with van der Waals surface area (Å²) in [4.78, 5) is 11.5. The van der Waals surface area contributed by atoms with Gasteiger partial charge in [-0.3, -0.25) is 4.79 Å². The second kappa shape index (κ2) is 5.60. The fourth-order valence-electron chi connectivity index (χ4n) is 0.787. The Bertz CT molecular complexity index is 316. The monoisotopic (exact) mass is 251 g/mol. The van der Waals surface area contributed by atoms with Crippen molar-refractivity contribution in [3.63, 3.8) is 0 Å². The van der Waals surface area contributed by atoms with Gasteiger partial charge in [0.15, 0.2) is 0 Å². The molecule has 0 unspecified atom stereocenters. The van der Waals surface area contributed by atoms with Crippen LogP contribution in [0.5, 0.6) is 0 Å². The number of nitrogens with two attached hydrogens (primary N) is 1. The SMILES string of the molecule is N[C@H](CSCc1ccc(Cl)s1)C(=O)O. The first-order chi connectivity index (χ1) is 6.59. The van der Waals surface area contributed by atoms with E-state index in [1.165, 1.54) is 23.1 Å². The lowest BCUT2D eigenvalue weighted by Crippen LogP contribution is -2.32. The van der Waals surface area contributed by atoms with Gasteiger partial charge in [-0.2, -0.15) is 11.8 Å². The number of hydrogen-bond acceptors (Lipinski definition) is 4. The summed E-state index contributed by atoms with van der Waals surface area (Å²) >= 11 is 8.75. The van der Waals surface area contributed by atoms with Crippen molar-refractivity contribution in [2.24, 2.45) is 5.73 Å². The Morgan fingerprint density at radius 3 is 2.93 bits per heavy atom. The summed E-state index contributed by atoms with van der Waals surface area (Å²) in [5.41, 5.74) is 5.34. The number of carboxylic acid groups (broad SMARTS) is 1. The molecular formula is C8H10ClNO2S2. The van der Waals surface area contributed by atoms with Crippen LogP contribution in [0.1, 0.15) is 4.88 Å². The Hall–Kier alpha value is -0.230. The largest absolute Gasteiger partial charge is 0.480 e. The standard InChI is InChI=1S/C8H10ClNO2S2/c9-7-2-1-5(14-7)3-13-4-6(10)8(11)12/h1-2,6H,3-4,10H2,(H,11,12)/t6-/m1/s1. The maximum absolute atomic E-state index is 10.4. The molecule has 0 radical (unpaired) electrons. The van der Waals surface area contributed by atoms with Crippen LogP contribution in [0.25, 0.3) is 0 Å². The topological polar surface area (TPSA) is 63.3 Å². The number of rotatable bonds is 5. The molecule has 6 heteroatoms. The summed E-state index contributed by atoms with van der Waals surface area (Å²) in [7, 11) is 0. The van der Waals surface area contributed by atoms with E-state index in [1.807, 2.05) is 12.1 Å². The van der Waals surface area contributed by atoms with Gasteiger partial charge in [-0.1, -0.05) is 11.6 Å². The van der Waals surface area contributed by atoms with Crippen LogP contribution in [-0.2, 0) is 10.5 Å². The molecule has 1 aromatic rings. The van der Waals surface area contributed by atoms with Gasteiger partial charge in [0.1, 0.15) is 6.04 Å². The van der Waals surface area contributed by atoms with E-state index >= 15 is 0 Å². The number of thiophene rings is 1. The van der Waals surface area contributed by atoms with E-state index in [4.69, 9.17) is 22.4 Å². The quantitative estimate of drug-likeness (QED) is 0.841. The zero-order valence-corrected chi connectivity index (χ0v) is 9.66. The summed E-state index contributed by atoms with van der Waals surface area (Å²) in [6.45, 7) is 0. The number of hydrogen-bond donors (Lipinski definition) is 2. The third-order valence-electron chi connectivity index (χ3n) is 1.49. The minimum Gasteiger partial charge on any atom is -0.480 e. The highest BCUT2D eigenvalue weighted by atomic mass is 35.5. The van der Waals surface area contributed by atoms with Gasteiger partial charge in [0.05, 0.1) is 4.34 Å². The molecular weight excluding hydrogens is 242 g/mol. The molecule has 0 fully saturated rings. The highest BCUT2D eigenvalue weighted by molar-refractivity contribution is 7.98. The van der Waals surface area contributed by atoms with Crippen molar-refractivity contribution in [2.45, 2.75) is 11.8 Å². The molecule has 0 saturated carbocycles. The second-order valence-corrected chi connectivity index (χ2v) is 5.50. The van der Waals surface area contributed by atoms with Gasteiger partial charge in [0, 0.05) is 16.4 Å². The van der Waals surface area contributed by atoms with Gasteiger partial charge in [-0.25, -0.2) is 0 Å². The van der Waals surface area contributed by atoms with Gasteiger partial charge >= 0.3 is 5.97 Å². The molecule has 0 aromatic carbocycles. The van der Waals surface area contributed by atoms with Gasteiger partial charge < -0.3 is 10.8 Å². The summed E-state index contributed by atoms with van der Waals surface area (Å²) in [5.74, 6) is 0.227. The van der Waals surface area contributed by atoms with E-state index in [9.17, 15) is 4.79 Å². The van der Waals surface area contributed by atoms with E-state index in [0.717, 1.165) is 15.0 Å². The van der Waals surface area contributed by atoms with Gasteiger partial charge in [0.2, 0.25) is 0 Å². The Morgan fingerprint density at radius 2 is 2.43 bits per heavy atom. The van der Waals surface area contributed by atoms with Crippen LogP contribution in [0.2, 0.25) is 4.34 Å². The number of aliphatic carboxylic acids is 1. The lowest BCUT2D eigenvalue weighted by atomic mass is 10.4. The van der Waals surface area contributed by atoms with Crippen LogP contribution in [0.3, 0.4) is 0 Å². The van der Waals surface area contributed by atoms with Gasteiger partial charge in [0.25, 0.3) is 0 Å². The summed E-state index contributed by atoms with van der Waals surface area (Å²) in [5, 5.41) is 8.53. The van der Waals surface area contributed by atoms with Crippen molar-refractivity contribution in [3.05, 3.63) is 21.3 Å². The maximum Gasteiger partial charge on any atom is 0.321 e. The molecule has 0 spiro atoms. The van der Waals surface area contributed by atoms with E-state index in [0.29, 0.717) is 5.75 Å². The molecule has 78 valence electrons. The summed E-state index contributed by atoms with van der Waals surface area (Å²) in [6.07, 6.45) is 0. The zero-order valence-electron chi connectivity index (χ0n) is 7.27. The van der Waals surface area contributed by atoms with Crippen molar-refractivity contribution in [1.82, 2.24) is 0 Å². The summed E-state index contributed by atoms with van der Waals surface area (Å²) < 4.78 is 0.753. The fourth-order valence-corrected chi connectivity index (χ4v) is 2.97. The van der Waals surface area contributed by atoms with Crippen molar-refractivity contribution in [2.75, 3.05) is 5.75 Å². The molecule has 0 aliphatic carbocycles. The molecule has 0 saturated heterocycles. The Labute approximate surface area is 95.3 Å². The van der Waals surface area contributed by atoms with Gasteiger partial charge in [-0.15, -0.1) is 11.3 Å². The molecule has 0 aliphatic rings. The van der Waals surface area contributed by atoms with E-state index < -0.39 is 12.0 Å². The van der Waals surface area contributed by atoms with Crippen molar-refractivity contribution in [3.8, 4) is 0 Å². The van der Waals surface area contributed by atoms with Crippen LogP contribution in [0.15, 0.2) is 12.1 Å². The number of carboxylic acids is 1. The van der Waals surface area contributed by atoms with E-state index in [1.54, 1.807) is 0 Å². The van der Waals surface area contributed by atoms with Crippen molar-refractivity contribution < 1.29 is 9.90 Å². The van der Waals surface area contributed by atoms with Crippen LogP contribution in [0, 0.1) is 0 Å². The van der Waals surface area contributed by atoms with E-state index in [-0.39, 0.29) is 0 Å². The van der Waals surface area contributed by atoms with Crippen LogP contribution in [-0.4, -0.2) is 22.9 Å². The van der Waals surface area contributed by atoms with Gasteiger partial charge in [-0.05, 0) is 12.1 Å². The predicted octanol–water partition coefficient (Wildman–Crippen LogP) is 2.05. The molecule has 3 N–H and O–H groups in total. The van der Waals surface area contributed by atoms with Crippen molar-refractivity contribution >= 4 is 40.7 Å². The lowest BCUT2D eigenvalue weighted by molar-refractivity contribution is -0.137. The Kier molecular flexibility index (Phi) is 4.74. The molecule has 0 amide bonds. The third kappa shape index (κ3) is 3.88. The molecule has 0 bridgehead atoms. The average Bonchev–Trinajstić information content (AvgIpc) is 2.51. The summed E-state index contributed by atoms with van der Waals surface area (Å²) in [6, 6.07) is 2.99. The minimum absolute atomic E-state index is 0.421. The fraction of sp³-hybridized carbons (Fsp3) is 0.375.